The first-order valence-corrected chi connectivity index (χ1v) is 6.43. The first-order chi connectivity index (χ1) is 7.19. The number of likely N-dealkylation sites (tertiary alicyclic amines) is 1. The second-order valence-corrected chi connectivity index (χ2v) is 4.48. The zero-order valence-electron chi connectivity index (χ0n) is 9.19. The second kappa shape index (κ2) is 6.00. The molecule has 1 saturated heterocycles. The third-order valence-corrected chi connectivity index (χ3v) is 3.19. The van der Waals surface area contributed by atoms with Crippen molar-refractivity contribution in [1.29, 1.82) is 0 Å². The molecule has 0 unspecified atom stereocenters. The van der Waals surface area contributed by atoms with Crippen LogP contribution >= 0.6 is 11.8 Å². The summed E-state index contributed by atoms with van der Waals surface area (Å²) in [5.74, 6) is 0.536. The fourth-order valence-electron chi connectivity index (χ4n) is 1.75. The highest BCUT2D eigenvalue weighted by Gasteiger charge is 2.27. The molecular weight excluding hydrogens is 214 g/mol. The van der Waals surface area contributed by atoms with Gasteiger partial charge in [0.1, 0.15) is 0 Å². The maximum Gasteiger partial charge on any atom is 0.308 e. The largest absolute Gasteiger partial charge is 0.469 e. The number of thioether (sulfide) groups is 1. The molecule has 0 N–H and O–H groups in total. The third kappa shape index (κ3) is 3.41. The van der Waals surface area contributed by atoms with Gasteiger partial charge in [-0.1, -0.05) is 0 Å². The molecule has 0 aromatic rings. The number of carbonyl (C=O) groups is 2. The van der Waals surface area contributed by atoms with E-state index in [2.05, 4.69) is 4.74 Å². The number of esters is 1. The maximum absolute atomic E-state index is 11.5. The molecule has 0 saturated carbocycles. The van der Waals surface area contributed by atoms with E-state index in [1.54, 1.807) is 0 Å². The van der Waals surface area contributed by atoms with Crippen molar-refractivity contribution in [2.24, 2.45) is 5.92 Å². The Kier molecular flexibility index (Phi) is 4.94. The Hall–Kier alpha value is -0.710. The SMILES string of the molecule is COC(=O)C1CCN(C(=O)CSC)CC1. The average molecular weight is 231 g/mol. The molecule has 1 heterocycles. The summed E-state index contributed by atoms with van der Waals surface area (Å²) in [5, 5.41) is 0. The molecule has 1 aliphatic rings. The Labute approximate surface area is 94.3 Å². The van der Waals surface area contributed by atoms with Crippen LogP contribution in [-0.2, 0) is 14.3 Å². The summed E-state index contributed by atoms with van der Waals surface area (Å²) in [7, 11) is 1.41. The van der Waals surface area contributed by atoms with Crippen LogP contribution in [0.25, 0.3) is 0 Å². The monoisotopic (exact) mass is 231 g/mol. The van der Waals surface area contributed by atoms with Gasteiger partial charge in [-0.2, -0.15) is 11.8 Å². The van der Waals surface area contributed by atoms with Gasteiger partial charge in [0, 0.05) is 13.1 Å². The van der Waals surface area contributed by atoms with Crippen molar-refractivity contribution < 1.29 is 14.3 Å². The molecule has 1 aliphatic heterocycles. The summed E-state index contributed by atoms with van der Waals surface area (Å²) in [6, 6.07) is 0. The van der Waals surface area contributed by atoms with E-state index in [4.69, 9.17) is 0 Å². The first kappa shape index (κ1) is 12.4. The quantitative estimate of drug-likeness (QED) is 0.673. The molecule has 15 heavy (non-hydrogen) atoms. The summed E-state index contributed by atoms with van der Waals surface area (Å²) in [5.41, 5.74) is 0. The van der Waals surface area contributed by atoms with Crippen molar-refractivity contribution in [2.45, 2.75) is 12.8 Å². The molecular formula is C10H17NO3S. The van der Waals surface area contributed by atoms with Crippen molar-refractivity contribution in [3.8, 4) is 0 Å². The minimum absolute atomic E-state index is 0.0201. The smallest absolute Gasteiger partial charge is 0.308 e. The van der Waals surface area contributed by atoms with Gasteiger partial charge in [-0.05, 0) is 19.1 Å². The minimum Gasteiger partial charge on any atom is -0.469 e. The number of piperidine rings is 1. The van der Waals surface area contributed by atoms with Crippen molar-refractivity contribution in [3.63, 3.8) is 0 Å². The van der Waals surface area contributed by atoms with Gasteiger partial charge < -0.3 is 9.64 Å². The lowest BCUT2D eigenvalue weighted by atomic mass is 9.97. The number of nitrogens with zero attached hydrogens (tertiary/aromatic N) is 1. The highest BCUT2D eigenvalue weighted by atomic mass is 32.2. The van der Waals surface area contributed by atoms with E-state index in [1.165, 1.54) is 18.9 Å². The Bertz CT molecular complexity index is 237. The summed E-state index contributed by atoms with van der Waals surface area (Å²) < 4.78 is 4.69. The number of amides is 1. The van der Waals surface area contributed by atoms with Crippen LogP contribution in [0.15, 0.2) is 0 Å². The highest BCUT2D eigenvalue weighted by molar-refractivity contribution is 7.99. The van der Waals surface area contributed by atoms with Crippen LogP contribution in [-0.4, -0.2) is 49.0 Å². The molecule has 0 atom stereocenters. The molecule has 0 radical (unpaired) electrons. The fourth-order valence-corrected chi connectivity index (χ4v) is 2.18. The summed E-state index contributed by atoms with van der Waals surface area (Å²) >= 11 is 1.53. The normalized spacial score (nSPS) is 17.6. The molecule has 1 rings (SSSR count). The van der Waals surface area contributed by atoms with Crippen LogP contribution in [0, 0.1) is 5.92 Å². The lowest BCUT2D eigenvalue weighted by molar-refractivity contribution is -0.148. The molecule has 0 aromatic heterocycles. The van der Waals surface area contributed by atoms with Gasteiger partial charge in [-0.15, -0.1) is 0 Å². The lowest BCUT2D eigenvalue weighted by Gasteiger charge is -2.30. The van der Waals surface area contributed by atoms with E-state index in [0.29, 0.717) is 18.8 Å². The van der Waals surface area contributed by atoms with E-state index in [1.807, 2.05) is 11.2 Å². The predicted molar refractivity (Wildman–Crippen MR) is 59.7 cm³/mol. The second-order valence-electron chi connectivity index (χ2n) is 3.61. The molecule has 5 heteroatoms. The molecule has 0 bridgehead atoms. The van der Waals surface area contributed by atoms with Crippen LogP contribution in [0.1, 0.15) is 12.8 Å². The Balaban J connectivity index is 2.35. The number of carbonyl (C=O) groups excluding carboxylic acids is 2. The molecule has 0 aromatic carbocycles. The number of rotatable bonds is 3. The van der Waals surface area contributed by atoms with Crippen molar-refractivity contribution in [3.05, 3.63) is 0 Å². The third-order valence-electron chi connectivity index (χ3n) is 2.65. The Morgan fingerprint density at radius 2 is 2.00 bits per heavy atom. The number of hydrogen-bond donors (Lipinski definition) is 0. The van der Waals surface area contributed by atoms with Gasteiger partial charge in [0.25, 0.3) is 0 Å². The zero-order chi connectivity index (χ0) is 11.3. The molecule has 86 valence electrons. The summed E-state index contributed by atoms with van der Waals surface area (Å²) in [6.07, 6.45) is 3.37. The average Bonchev–Trinajstić information content (AvgIpc) is 2.28. The van der Waals surface area contributed by atoms with Crippen LogP contribution in [0.2, 0.25) is 0 Å². The standard InChI is InChI=1S/C10H17NO3S/c1-14-10(13)8-3-5-11(6-4-8)9(12)7-15-2/h8H,3-7H2,1-2H3. The minimum atomic E-state index is -0.146. The lowest BCUT2D eigenvalue weighted by Crippen LogP contribution is -2.41. The maximum atomic E-state index is 11.5. The topological polar surface area (TPSA) is 46.6 Å². The summed E-state index contributed by atoms with van der Waals surface area (Å²) in [6.45, 7) is 1.36. The van der Waals surface area contributed by atoms with E-state index in [9.17, 15) is 9.59 Å². The van der Waals surface area contributed by atoms with Crippen LogP contribution in [0.3, 0.4) is 0 Å². The van der Waals surface area contributed by atoms with E-state index < -0.39 is 0 Å². The Morgan fingerprint density at radius 1 is 1.40 bits per heavy atom. The molecule has 1 amide bonds. The van der Waals surface area contributed by atoms with Gasteiger partial charge in [0.05, 0.1) is 18.8 Å². The van der Waals surface area contributed by atoms with Gasteiger partial charge in [0.15, 0.2) is 0 Å². The molecule has 0 aliphatic carbocycles. The number of hydrogen-bond acceptors (Lipinski definition) is 4. The van der Waals surface area contributed by atoms with Gasteiger partial charge in [-0.3, -0.25) is 9.59 Å². The van der Waals surface area contributed by atoms with E-state index in [-0.39, 0.29) is 17.8 Å². The summed E-state index contributed by atoms with van der Waals surface area (Å²) in [4.78, 5) is 24.6. The number of ether oxygens (including phenoxy) is 1. The zero-order valence-corrected chi connectivity index (χ0v) is 10.0. The molecule has 0 spiro atoms. The molecule has 4 nitrogen and oxygen atoms in total. The van der Waals surface area contributed by atoms with Crippen LogP contribution in [0.5, 0.6) is 0 Å². The fraction of sp³-hybridized carbons (Fsp3) is 0.800. The van der Waals surface area contributed by atoms with Gasteiger partial charge in [-0.25, -0.2) is 0 Å². The Morgan fingerprint density at radius 3 is 2.47 bits per heavy atom. The van der Waals surface area contributed by atoms with Crippen molar-refractivity contribution >= 4 is 23.6 Å². The molecule has 1 fully saturated rings. The van der Waals surface area contributed by atoms with Gasteiger partial charge >= 0.3 is 5.97 Å². The highest BCUT2D eigenvalue weighted by Crippen LogP contribution is 2.18. The predicted octanol–water partition coefficient (Wildman–Crippen LogP) is 0.761. The van der Waals surface area contributed by atoms with Crippen molar-refractivity contribution in [2.75, 3.05) is 32.2 Å². The number of methoxy groups -OCH3 is 1. The van der Waals surface area contributed by atoms with Crippen LogP contribution in [0.4, 0.5) is 0 Å². The van der Waals surface area contributed by atoms with E-state index in [0.717, 1.165) is 12.8 Å². The van der Waals surface area contributed by atoms with Crippen molar-refractivity contribution in [1.82, 2.24) is 4.90 Å². The first-order valence-electron chi connectivity index (χ1n) is 5.03. The van der Waals surface area contributed by atoms with Gasteiger partial charge in [0.2, 0.25) is 5.91 Å². The van der Waals surface area contributed by atoms with E-state index >= 15 is 0 Å². The van der Waals surface area contributed by atoms with Crippen LogP contribution < -0.4 is 0 Å².